The molecule has 206 valence electrons. The van der Waals surface area contributed by atoms with Crippen LogP contribution in [-0.4, -0.2) is 41.9 Å². The quantitative estimate of drug-likeness (QED) is 0.298. The molecule has 1 aromatic rings. The number of aryl methyl sites for hydroxylation is 1. The lowest BCUT2D eigenvalue weighted by Gasteiger charge is -2.42. The SMILES string of the molecule is CC(=O)OC(C)C(=O)N(Cc1cc2c(cc1C)C(C)(C)CCC2(C)C)CC1CCC(CN=C(N)N)CC1. The van der Waals surface area contributed by atoms with Crippen LogP contribution in [0.4, 0.5) is 0 Å². The molecule has 0 spiro atoms. The molecule has 3 rings (SSSR count). The molecule has 2 aliphatic carbocycles. The van der Waals surface area contributed by atoms with Gasteiger partial charge in [0, 0.05) is 26.6 Å². The maximum Gasteiger partial charge on any atom is 0.303 e. The molecule has 7 heteroatoms. The summed E-state index contributed by atoms with van der Waals surface area (Å²) in [6.45, 7) is 16.3. The number of amides is 1. The summed E-state index contributed by atoms with van der Waals surface area (Å²) in [6.07, 6.45) is 5.66. The summed E-state index contributed by atoms with van der Waals surface area (Å²) in [4.78, 5) is 31.2. The Morgan fingerprint density at radius 1 is 1.03 bits per heavy atom. The van der Waals surface area contributed by atoms with Gasteiger partial charge in [-0.15, -0.1) is 0 Å². The Hall–Kier alpha value is -2.57. The number of nitrogens with zero attached hydrogens (tertiary/aromatic N) is 2. The standard InChI is InChI=1S/C30H48N4O3/c1-19-14-25-26(30(6,7)13-12-29(25,4)5)15-24(19)18-34(27(36)20(2)37-21(3)35)17-23-10-8-22(9-11-23)16-33-28(31)32/h14-15,20,22-23H,8-13,16-18H2,1-7H3,(H4,31,32,33). The molecule has 1 saturated carbocycles. The second-order valence-corrected chi connectivity index (χ2v) is 12.7. The zero-order valence-electron chi connectivity index (χ0n) is 24.0. The van der Waals surface area contributed by atoms with Gasteiger partial charge in [0.1, 0.15) is 0 Å². The Morgan fingerprint density at radius 3 is 2.11 bits per heavy atom. The first kappa shape index (κ1) is 29.0. The van der Waals surface area contributed by atoms with E-state index in [0.717, 1.165) is 32.1 Å². The van der Waals surface area contributed by atoms with Crippen LogP contribution in [0, 0.1) is 18.8 Å². The average molecular weight is 513 g/mol. The summed E-state index contributed by atoms with van der Waals surface area (Å²) < 4.78 is 5.30. The molecule has 1 aromatic carbocycles. The van der Waals surface area contributed by atoms with Crippen molar-refractivity contribution >= 4 is 17.8 Å². The number of carbonyl (C=O) groups excluding carboxylic acids is 2. The minimum atomic E-state index is -0.802. The van der Waals surface area contributed by atoms with Crippen molar-refractivity contribution in [1.82, 2.24) is 4.90 Å². The molecule has 1 amide bonds. The first-order valence-electron chi connectivity index (χ1n) is 13.9. The fourth-order valence-corrected chi connectivity index (χ4v) is 6.07. The largest absolute Gasteiger partial charge is 0.453 e. The van der Waals surface area contributed by atoms with Gasteiger partial charge < -0.3 is 21.1 Å². The highest BCUT2D eigenvalue weighted by Crippen LogP contribution is 2.46. The van der Waals surface area contributed by atoms with Gasteiger partial charge in [-0.2, -0.15) is 0 Å². The number of benzene rings is 1. The van der Waals surface area contributed by atoms with Crippen molar-refractivity contribution in [2.75, 3.05) is 13.1 Å². The first-order chi connectivity index (χ1) is 17.2. The van der Waals surface area contributed by atoms with Crippen LogP contribution in [0.5, 0.6) is 0 Å². The second kappa shape index (κ2) is 11.4. The molecular weight excluding hydrogens is 464 g/mol. The van der Waals surface area contributed by atoms with Crippen molar-refractivity contribution in [2.45, 2.75) is 110 Å². The predicted molar refractivity (Wildman–Crippen MR) is 149 cm³/mol. The number of fused-ring (bicyclic) bond motifs is 1. The van der Waals surface area contributed by atoms with Gasteiger partial charge in [0.15, 0.2) is 12.1 Å². The lowest BCUT2D eigenvalue weighted by molar-refractivity contribution is -0.158. The fourth-order valence-electron chi connectivity index (χ4n) is 6.07. The van der Waals surface area contributed by atoms with E-state index < -0.39 is 12.1 Å². The third kappa shape index (κ3) is 7.26. The molecule has 0 bridgehead atoms. The number of guanidine groups is 1. The van der Waals surface area contributed by atoms with Gasteiger partial charge in [-0.1, -0.05) is 39.8 Å². The maximum atomic E-state index is 13.5. The Balaban J connectivity index is 1.84. The van der Waals surface area contributed by atoms with Crippen molar-refractivity contribution in [3.8, 4) is 0 Å². The van der Waals surface area contributed by atoms with Gasteiger partial charge in [-0.3, -0.25) is 14.6 Å². The number of esters is 1. The second-order valence-electron chi connectivity index (χ2n) is 12.7. The highest BCUT2D eigenvalue weighted by molar-refractivity contribution is 5.83. The summed E-state index contributed by atoms with van der Waals surface area (Å²) in [5.74, 6) is 0.461. The number of nitrogens with two attached hydrogens (primary N) is 2. The third-order valence-corrected chi connectivity index (χ3v) is 8.65. The monoisotopic (exact) mass is 512 g/mol. The first-order valence-corrected chi connectivity index (χ1v) is 13.9. The lowest BCUT2D eigenvalue weighted by atomic mass is 9.62. The summed E-state index contributed by atoms with van der Waals surface area (Å²) in [5, 5.41) is 0. The molecule has 2 aliphatic rings. The van der Waals surface area contributed by atoms with Crippen LogP contribution in [-0.2, 0) is 31.7 Å². The number of hydrogen-bond donors (Lipinski definition) is 2. The number of carbonyl (C=O) groups is 2. The minimum absolute atomic E-state index is 0.0982. The highest BCUT2D eigenvalue weighted by atomic mass is 16.5. The number of aliphatic imine (C=N–C) groups is 1. The topological polar surface area (TPSA) is 111 Å². The minimum Gasteiger partial charge on any atom is -0.453 e. The summed E-state index contributed by atoms with van der Waals surface area (Å²) in [5.41, 5.74) is 16.5. The van der Waals surface area contributed by atoms with Gasteiger partial charge in [0.25, 0.3) is 5.91 Å². The highest BCUT2D eigenvalue weighted by Gasteiger charge is 2.38. The van der Waals surface area contributed by atoms with Crippen molar-refractivity contribution in [3.63, 3.8) is 0 Å². The van der Waals surface area contributed by atoms with Crippen molar-refractivity contribution in [2.24, 2.45) is 28.3 Å². The Kier molecular flexibility index (Phi) is 8.97. The van der Waals surface area contributed by atoms with E-state index >= 15 is 0 Å². The van der Waals surface area contributed by atoms with E-state index in [1.165, 1.54) is 35.6 Å². The molecule has 0 radical (unpaired) electrons. The van der Waals surface area contributed by atoms with Gasteiger partial charge in [-0.25, -0.2) is 0 Å². The van der Waals surface area contributed by atoms with Gasteiger partial charge in [0.2, 0.25) is 0 Å². The lowest BCUT2D eigenvalue weighted by Crippen LogP contribution is -2.43. The van der Waals surface area contributed by atoms with E-state index in [0.29, 0.717) is 31.5 Å². The van der Waals surface area contributed by atoms with Crippen LogP contribution in [0.3, 0.4) is 0 Å². The molecule has 7 nitrogen and oxygen atoms in total. The van der Waals surface area contributed by atoms with Crippen LogP contribution in [0.25, 0.3) is 0 Å². The van der Waals surface area contributed by atoms with Crippen molar-refractivity contribution in [1.29, 1.82) is 0 Å². The Labute approximate surface area is 223 Å². The third-order valence-electron chi connectivity index (χ3n) is 8.65. The summed E-state index contributed by atoms with van der Waals surface area (Å²) >= 11 is 0. The molecule has 1 fully saturated rings. The fraction of sp³-hybridized carbons (Fsp3) is 0.700. The zero-order valence-corrected chi connectivity index (χ0v) is 24.0. The Bertz CT molecular complexity index is 1020. The molecule has 0 aromatic heterocycles. The molecule has 1 unspecified atom stereocenters. The number of ether oxygens (including phenoxy) is 1. The zero-order chi connectivity index (χ0) is 27.5. The average Bonchev–Trinajstić information content (AvgIpc) is 2.81. The van der Waals surface area contributed by atoms with E-state index in [1.54, 1.807) is 6.92 Å². The summed E-state index contributed by atoms with van der Waals surface area (Å²) in [7, 11) is 0. The van der Waals surface area contributed by atoms with Crippen LogP contribution in [0.2, 0.25) is 0 Å². The number of hydrogen-bond acceptors (Lipinski definition) is 4. The molecule has 37 heavy (non-hydrogen) atoms. The molecule has 0 aliphatic heterocycles. The Morgan fingerprint density at radius 2 is 1.57 bits per heavy atom. The number of rotatable bonds is 8. The maximum absolute atomic E-state index is 13.5. The van der Waals surface area contributed by atoms with E-state index in [4.69, 9.17) is 16.2 Å². The van der Waals surface area contributed by atoms with E-state index in [9.17, 15) is 9.59 Å². The van der Waals surface area contributed by atoms with E-state index in [-0.39, 0.29) is 22.7 Å². The molecular formula is C30H48N4O3. The van der Waals surface area contributed by atoms with Gasteiger partial charge >= 0.3 is 5.97 Å². The van der Waals surface area contributed by atoms with Crippen LogP contribution < -0.4 is 11.5 Å². The molecule has 0 heterocycles. The normalized spacial score (nSPS) is 22.9. The van der Waals surface area contributed by atoms with Crippen LogP contribution >= 0.6 is 0 Å². The molecule has 1 atom stereocenters. The van der Waals surface area contributed by atoms with Crippen LogP contribution in [0.1, 0.15) is 102 Å². The summed E-state index contributed by atoms with van der Waals surface area (Å²) in [6, 6.07) is 4.69. The smallest absolute Gasteiger partial charge is 0.303 e. The molecule has 0 saturated heterocycles. The van der Waals surface area contributed by atoms with E-state index in [2.05, 4.69) is 51.7 Å². The van der Waals surface area contributed by atoms with Crippen molar-refractivity contribution < 1.29 is 14.3 Å². The van der Waals surface area contributed by atoms with Gasteiger partial charge in [-0.05, 0) is 97.3 Å². The van der Waals surface area contributed by atoms with Gasteiger partial charge in [0.05, 0.1) is 0 Å². The molecule has 4 N–H and O–H groups in total. The van der Waals surface area contributed by atoms with Crippen molar-refractivity contribution in [3.05, 3.63) is 34.4 Å². The predicted octanol–water partition coefficient (Wildman–Crippen LogP) is 4.70. The van der Waals surface area contributed by atoms with E-state index in [1.807, 2.05) is 4.90 Å². The van der Waals surface area contributed by atoms with Crippen LogP contribution in [0.15, 0.2) is 17.1 Å².